The van der Waals surface area contributed by atoms with Crippen molar-refractivity contribution in [2.45, 2.75) is 25.7 Å². The Kier molecular flexibility index (Phi) is 5.48. The van der Waals surface area contributed by atoms with E-state index in [1.165, 1.54) is 24.3 Å². The number of anilines is 4. The summed E-state index contributed by atoms with van der Waals surface area (Å²) >= 11 is 0. The van der Waals surface area contributed by atoms with Gasteiger partial charge in [0.2, 0.25) is 17.8 Å². The first kappa shape index (κ1) is 20.3. The molecule has 0 aliphatic carbocycles. The molecular weight excluding hydrogens is 401 g/mol. The van der Waals surface area contributed by atoms with Crippen LogP contribution in [-0.4, -0.2) is 21.8 Å². The number of amides is 2. The fraction of sp³-hybridized carbons (Fsp3) is 0.182. The van der Waals surface area contributed by atoms with E-state index in [2.05, 4.69) is 25.9 Å². The molecule has 4 rings (SSSR count). The van der Waals surface area contributed by atoms with Gasteiger partial charge in [-0.3, -0.25) is 19.4 Å². The minimum Gasteiger partial charge on any atom is -0.326 e. The van der Waals surface area contributed by atoms with E-state index in [1.807, 2.05) is 19.1 Å². The zero-order valence-electron chi connectivity index (χ0n) is 16.7. The third kappa shape index (κ3) is 4.45. The Morgan fingerprint density at radius 1 is 1.10 bits per heavy atom. The molecule has 0 spiro atoms. The van der Waals surface area contributed by atoms with Gasteiger partial charge in [0.15, 0.2) is 0 Å². The number of nitrogens with zero attached hydrogens (tertiary/aromatic N) is 1. The quantitative estimate of drug-likeness (QED) is 0.505. The van der Waals surface area contributed by atoms with E-state index in [9.17, 15) is 18.8 Å². The van der Waals surface area contributed by atoms with Crippen molar-refractivity contribution in [2.24, 2.45) is 0 Å². The topological polar surface area (TPSA) is 116 Å². The summed E-state index contributed by atoms with van der Waals surface area (Å²) in [6, 6.07) is 12.8. The number of aromatic amines is 1. The molecule has 3 aromatic rings. The molecule has 1 aromatic heterocycles. The van der Waals surface area contributed by atoms with Crippen LogP contribution >= 0.6 is 0 Å². The summed E-state index contributed by atoms with van der Waals surface area (Å²) in [5, 5.41) is 8.16. The van der Waals surface area contributed by atoms with E-state index < -0.39 is 29.1 Å². The van der Waals surface area contributed by atoms with Gasteiger partial charge in [0.05, 0.1) is 11.5 Å². The first-order valence-corrected chi connectivity index (χ1v) is 9.79. The fourth-order valence-electron chi connectivity index (χ4n) is 3.38. The lowest BCUT2D eigenvalue weighted by Crippen LogP contribution is -2.36. The summed E-state index contributed by atoms with van der Waals surface area (Å²) in [7, 11) is 0. The highest BCUT2D eigenvalue weighted by Crippen LogP contribution is 2.30. The number of halogens is 1. The number of fused-ring (bicyclic) bond motifs is 1. The molecule has 158 valence electrons. The summed E-state index contributed by atoms with van der Waals surface area (Å²) in [6.07, 6.45) is 0.709. The maximum absolute atomic E-state index is 13.1. The van der Waals surface area contributed by atoms with Crippen LogP contribution in [0.5, 0.6) is 0 Å². The molecule has 31 heavy (non-hydrogen) atoms. The standard InChI is InChI=1S/C22H20FN5O3/c1-2-12-3-7-14(8-4-12)24-20(30)16-11-17(29)26-19-18(16)21(31)28-22(27-19)25-15-9-5-13(23)6-10-15/h3-10,16H,2,11H2,1H3,(H,24,30)(H3,25,26,27,28,29,31). The van der Waals surface area contributed by atoms with Crippen molar-refractivity contribution in [2.75, 3.05) is 16.0 Å². The number of carbonyl (C=O) groups excluding carboxylic acids is 2. The second kappa shape index (κ2) is 8.39. The first-order chi connectivity index (χ1) is 14.9. The highest BCUT2D eigenvalue weighted by molar-refractivity contribution is 6.04. The number of rotatable bonds is 5. The van der Waals surface area contributed by atoms with E-state index in [0.29, 0.717) is 11.4 Å². The monoisotopic (exact) mass is 421 g/mol. The van der Waals surface area contributed by atoms with Crippen molar-refractivity contribution in [3.63, 3.8) is 0 Å². The van der Waals surface area contributed by atoms with E-state index >= 15 is 0 Å². The molecule has 0 bridgehead atoms. The van der Waals surface area contributed by atoms with Gasteiger partial charge < -0.3 is 16.0 Å². The van der Waals surface area contributed by atoms with Crippen LogP contribution in [0.25, 0.3) is 0 Å². The Bertz CT molecular complexity index is 1190. The van der Waals surface area contributed by atoms with Crippen molar-refractivity contribution in [3.05, 3.63) is 75.8 Å². The highest BCUT2D eigenvalue weighted by Gasteiger charge is 2.34. The van der Waals surface area contributed by atoms with Gasteiger partial charge in [-0.05, 0) is 48.4 Å². The average Bonchev–Trinajstić information content (AvgIpc) is 2.75. The molecule has 0 fully saturated rings. The average molecular weight is 421 g/mol. The van der Waals surface area contributed by atoms with Gasteiger partial charge in [0.1, 0.15) is 11.6 Å². The van der Waals surface area contributed by atoms with Gasteiger partial charge in [-0.25, -0.2) is 4.39 Å². The van der Waals surface area contributed by atoms with Crippen LogP contribution in [0.2, 0.25) is 0 Å². The molecule has 0 saturated carbocycles. The number of benzene rings is 2. The van der Waals surface area contributed by atoms with Crippen LogP contribution in [0.15, 0.2) is 53.3 Å². The third-order valence-corrected chi connectivity index (χ3v) is 5.00. The molecule has 1 aliphatic rings. The van der Waals surface area contributed by atoms with Gasteiger partial charge >= 0.3 is 0 Å². The molecule has 8 nitrogen and oxygen atoms in total. The number of hydrogen-bond acceptors (Lipinski definition) is 5. The Labute approximate surface area is 176 Å². The second-order valence-corrected chi connectivity index (χ2v) is 7.15. The van der Waals surface area contributed by atoms with Crippen LogP contribution in [0, 0.1) is 5.82 Å². The predicted molar refractivity (Wildman–Crippen MR) is 115 cm³/mol. The summed E-state index contributed by atoms with van der Waals surface area (Å²) in [6.45, 7) is 2.03. The minimum atomic E-state index is -0.981. The van der Waals surface area contributed by atoms with Gasteiger partial charge in [0, 0.05) is 17.8 Å². The number of aromatic nitrogens is 2. The van der Waals surface area contributed by atoms with Gasteiger partial charge in [-0.15, -0.1) is 0 Å². The Morgan fingerprint density at radius 2 is 1.77 bits per heavy atom. The van der Waals surface area contributed by atoms with Gasteiger partial charge in [-0.2, -0.15) is 4.98 Å². The highest BCUT2D eigenvalue weighted by atomic mass is 19.1. The number of nitrogens with one attached hydrogen (secondary N) is 4. The number of aryl methyl sites for hydroxylation is 1. The van der Waals surface area contributed by atoms with Crippen LogP contribution in [0.1, 0.15) is 30.4 Å². The predicted octanol–water partition coefficient (Wildman–Crippen LogP) is 3.28. The van der Waals surface area contributed by atoms with Crippen molar-refractivity contribution in [1.82, 2.24) is 9.97 Å². The van der Waals surface area contributed by atoms with Crippen molar-refractivity contribution >= 4 is 35.0 Å². The number of hydrogen-bond donors (Lipinski definition) is 4. The second-order valence-electron chi connectivity index (χ2n) is 7.15. The molecule has 4 N–H and O–H groups in total. The zero-order chi connectivity index (χ0) is 22.0. The van der Waals surface area contributed by atoms with Crippen molar-refractivity contribution < 1.29 is 14.0 Å². The molecule has 2 aromatic carbocycles. The molecule has 0 saturated heterocycles. The number of carbonyl (C=O) groups is 2. The smallest absolute Gasteiger partial charge is 0.258 e. The lowest BCUT2D eigenvalue weighted by atomic mass is 9.92. The summed E-state index contributed by atoms with van der Waals surface area (Å²) in [5.41, 5.74) is 1.75. The number of H-pyrrole nitrogens is 1. The molecule has 1 aliphatic heterocycles. The van der Waals surface area contributed by atoms with E-state index in [0.717, 1.165) is 12.0 Å². The Hall–Kier alpha value is -4.01. The Balaban J connectivity index is 1.60. The summed E-state index contributed by atoms with van der Waals surface area (Å²) in [5.74, 6) is -2.18. The fourth-order valence-corrected chi connectivity index (χ4v) is 3.38. The molecular formula is C22H20FN5O3. The Morgan fingerprint density at radius 3 is 2.45 bits per heavy atom. The van der Waals surface area contributed by atoms with Crippen LogP contribution in [-0.2, 0) is 16.0 Å². The van der Waals surface area contributed by atoms with Crippen molar-refractivity contribution in [3.8, 4) is 0 Å². The minimum absolute atomic E-state index is 0.0195. The SMILES string of the molecule is CCc1ccc(NC(=O)C2CC(=O)Nc3nc(Nc4ccc(F)cc4)[nH]c(=O)c32)cc1. The maximum Gasteiger partial charge on any atom is 0.258 e. The lowest BCUT2D eigenvalue weighted by molar-refractivity contribution is -0.123. The first-order valence-electron chi connectivity index (χ1n) is 9.79. The van der Waals surface area contributed by atoms with Crippen LogP contribution in [0.3, 0.4) is 0 Å². The van der Waals surface area contributed by atoms with E-state index in [-0.39, 0.29) is 23.8 Å². The van der Waals surface area contributed by atoms with Gasteiger partial charge in [-0.1, -0.05) is 19.1 Å². The summed E-state index contributed by atoms with van der Waals surface area (Å²) in [4.78, 5) is 44.6. The van der Waals surface area contributed by atoms with Crippen LogP contribution < -0.4 is 21.5 Å². The summed E-state index contributed by atoms with van der Waals surface area (Å²) < 4.78 is 13.1. The molecule has 1 unspecified atom stereocenters. The normalized spacial score (nSPS) is 15.0. The zero-order valence-corrected chi connectivity index (χ0v) is 16.7. The molecule has 2 heterocycles. The third-order valence-electron chi connectivity index (χ3n) is 5.00. The largest absolute Gasteiger partial charge is 0.326 e. The van der Waals surface area contributed by atoms with E-state index in [1.54, 1.807) is 12.1 Å². The van der Waals surface area contributed by atoms with Gasteiger partial charge in [0.25, 0.3) is 5.56 Å². The van der Waals surface area contributed by atoms with Crippen molar-refractivity contribution in [1.29, 1.82) is 0 Å². The maximum atomic E-state index is 13.1. The molecule has 9 heteroatoms. The lowest BCUT2D eigenvalue weighted by Gasteiger charge is -2.23. The van der Waals surface area contributed by atoms with E-state index in [4.69, 9.17) is 0 Å². The van der Waals surface area contributed by atoms with Crippen LogP contribution in [0.4, 0.5) is 27.5 Å². The molecule has 1 atom stereocenters. The molecule has 0 radical (unpaired) electrons. The molecule has 2 amide bonds.